The number of aryl methyl sites for hydroxylation is 1. The molecule has 7 heteroatoms. The highest BCUT2D eigenvalue weighted by Gasteiger charge is 2.28. The van der Waals surface area contributed by atoms with E-state index >= 15 is 0 Å². The average Bonchev–Trinajstić information content (AvgIpc) is 2.49. The van der Waals surface area contributed by atoms with E-state index in [1.54, 1.807) is 12.1 Å². The number of piperidine rings is 1. The third kappa shape index (κ3) is 4.79. The van der Waals surface area contributed by atoms with Crippen LogP contribution in [0.25, 0.3) is 0 Å². The lowest BCUT2D eigenvalue weighted by Crippen LogP contribution is -2.44. The quantitative estimate of drug-likeness (QED) is 0.851. The van der Waals surface area contributed by atoms with Crippen LogP contribution in [0.4, 0.5) is 0 Å². The first kappa shape index (κ1) is 17.5. The molecule has 1 aliphatic heterocycles. The van der Waals surface area contributed by atoms with E-state index in [0.717, 1.165) is 5.56 Å². The molecule has 0 radical (unpaired) electrons. The van der Waals surface area contributed by atoms with Crippen molar-refractivity contribution >= 4 is 21.7 Å². The van der Waals surface area contributed by atoms with Gasteiger partial charge in [0.2, 0.25) is 11.8 Å². The molecule has 1 aromatic carbocycles. The number of nitrogens with two attached hydrogens (primary N) is 1. The Hall–Kier alpha value is -1.89. The van der Waals surface area contributed by atoms with Crippen LogP contribution in [0.1, 0.15) is 24.0 Å². The fourth-order valence-electron chi connectivity index (χ4n) is 2.75. The van der Waals surface area contributed by atoms with Crippen molar-refractivity contribution in [1.82, 2.24) is 4.90 Å². The Morgan fingerprint density at radius 3 is 2.39 bits per heavy atom. The van der Waals surface area contributed by atoms with Crippen molar-refractivity contribution in [3.8, 4) is 0 Å². The van der Waals surface area contributed by atoms with Gasteiger partial charge in [0.25, 0.3) is 0 Å². The normalized spacial score (nSPS) is 16.3. The van der Waals surface area contributed by atoms with Gasteiger partial charge in [0, 0.05) is 19.0 Å². The zero-order valence-corrected chi connectivity index (χ0v) is 14.0. The van der Waals surface area contributed by atoms with Crippen LogP contribution in [0.5, 0.6) is 0 Å². The fraction of sp³-hybridized carbons (Fsp3) is 0.500. The number of primary amides is 1. The molecule has 0 atom stereocenters. The number of carbonyl (C=O) groups excluding carboxylic acids is 2. The highest BCUT2D eigenvalue weighted by atomic mass is 32.2. The molecule has 0 unspecified atom stereocenters. The molecule has 0 spiro atoms. The Morgan fingerprint density at radius 2 is 1.83 bits per heavy atom. The first-order valence-corrected chi connectivity index (χ1v) is 9.42. The molecule has 1 heterocycles. The number of rotatable bonds is 5. The van der Waals surface area contributed by atoms with Gasteiger partial charge in [-0.15, -0.1) is 0 Å². The predicted octanol–water partition coefficient (Wildman–Crippen LogP) is 0.634. The number of hydrogen-bond acceptors (Lipinski definition) is 4. The van der Waals surface area contributed by atoms with E-state index in [9.17, 15) is 18.0 Å². The first-order valence-electron chi connectivity index (χ1n) is 7.60. The lowest BCUT2D eigenvalue weighted by Gasteiger charge is -2.30. The van der Waals surface area contributed by atoms with Gasteiger partial charge in [-0.1, -0.05) is 24.3 Å². The maximum Gasteiger partial charge on any atom is 0.237 e. The van der Waals surface area contributed by atoms with Crippen molar-refractivity contribution < 1.29 is 18.0 Å². The summed E-state index contributed by atoms with van der Waals surface area (Å²) in [5, 5.41) is 0. The van der Waals surface area contributed by atoms with Gasteiger partial charge in [0.15, 0.2) is 9.84 Å². The van der Waals surface area contributed by atoms with E-state index in [-0.39, 0.29) is 17.6 Å². The van der Waals surface area contributed by atoms with Gasteiger partial charge >= 0.3 is 0 Å². The Balaban J connectivity index is 1.94. The van der Waals surface area contributed by atoms with E-state index in [1.807, 2.05) is 19.1 Å². The van der Waals surface area contributed by atoms with Gasteiger partial charge in [-0.05, 0) is 30.9 Å². The molecule has 1 aliphatic rings. The summed E-state index contributed by atoms with van der Waals surface area (Å²) in [5.41, 5.74) is 6.86. The smallest absolute Gasteiger partial charge is 0.237 e. The molecule has 2 N–H and O–H groups in total. The third-order valence-corrected chi connectivity index (χ3v) is 5.67. The van der Waals surface area contributed by atoms with E-state index in [0.29, 0.717) is 31.5 Å². The second-order valence-corrected chi connectivity index (χ2v) is 8.08. The molecule has 6 nitrogen and oxygen atoms in total. The van der Waals surface area contributed by atoms with Gasteiger partial charge in [-0.25, -0.2) is 8.42 Å². The number of sulfone groups is 1. The van der Waals surface area contributed by atoms with E-state index in [4.69, 9.17) is 5.73 Å². The number of likely N-dealkylation sites (tertiary alicyclic amines) is 1. The molecule has 1 aromatic rings. The number of hydrogen-bond donors (Lipinski definition) is 1. The SMILES string of the molecule is Cc1ccccc1CS(=O)(=O)CC(=O)N1CCC(C(N)=O)CC1. The summed E-state index contributed by atoms with van der Waals surface area (Å²) in [5.74, 6) is -1.61. The average molecular weight is 338 g/mol. The van der Waals surface area contributed by atoms with E-state index < -0.39 is 21.5 Å². The molecule has 0 saturated carbocycles. The minimum Gasteiger partial charge on any atom is -0.369 e. The molecule has 0 bridgehead atoms. The van der Waals surface area contributed by atoms with Crippen molar-refractivity contribution in [2.45, 2.75) is 25.5 Å². The number of benzene rings is 1. The minimum atomic E-state index is -3.52. The number of nitrogens with zero attached hydrogens (tertiary/aromatic N) is 1. The van der Waals surface area contributed by atoms with Gasteiger partial charge in [0.05, 0.1) is 5.75 Å². The van der Waals surface area contributed by atoms with Crippen LogP contribution in [0.3, 0.4) is 0 Å². The van der Waals surface area contributed by atoms with E-state index in [2.05, 4.69) is 0 Å². The molecule has 2 amide bonds. The summed E-state index contributed by atoms with van der Waals surface area (Å²) in [6.45, 7) is 2.61. The van der Waals surface area contributed by atoms with Crippen LogP contribution >= 0.6 is 0 Å². The van der Waals surface area contributed by atoms with Crippen LogP contribution in [-0.2, 0) is 25.2 Å². The monoisotopic (exact) mass is 338 g/mol. The van der Waals surface area contributed by atoms with Gasteiger partial charge in [0.1, 0.15) is 5.75 Å². The molecule has 0 aromatic heterocycles. The fourth-order valence-corrected chi connectivity index (χ4v) is 4.21. The van der Waals surface area contributed by atoms with Crippen LogP contribution in [0.2, 0.25) is 0 Å². The van der Waals surface area contributed by atoms with Crippen LogP contribution in [0.15, 0.2) is 24.3 Å². The summed E-state index contributed by atoms with van der Waals surface area (Å²) in [7, 11) is -3.52. The summed E-state index contributed by atoms with van der Waals surface area (Å²) in [6.07, 6.45) is 0.998. The Labute approximate surface area is 136 Å². The molecular formula is C16H22N2O4S. The van der Waals surface area contributed by atoms with Crippen molar-refractivity contribution in [3.63, 3.8) is 0 Å². The number of amides is 2. The van der Waals surface area contributed by atoms with Crippen LogP contribution in [-0.4, -0.2) is 44.0 Å². The summed E-state index contributed by atoms with van der Waals surface area (Å²) in [4.78, 5) is 24.8. The van der Waals surface area contributed by atoms with Crippen molar-refractivity contribution in [3.05, 3.63) is 35.4 Å². The molecule has 126 valence electrons. The van der Waals surface area contributed by atoms with Gasteiger partial charge in [-0.3, -0.25) is 9.59 Å². The zero-order valence-electron chi connectivity index (χ0n) is 13.2. The van der Waals surface area contributed by atoms with Gasteiger partial charge < -0.3 is 10.6 Å². The molecule has 0 aliphatic carbocycles. The molecular weight excluding hydrogens is 316 g/mol. The molecule has 2 rings (SSSR count). The molecule has 23 heavy (non-hydrogen) atoms. The number of carbonyl (C=O) groups is 2. The second kappa shape index (κ2) is 7.12. The van der Waals surface area contributed by atoms with Crippen LogP contribution < -0.4 is 5.73 Å². The third-order valence-electron chi connectivity index (χ3n) is 4.23. The Morgan fingerprint density at radius 1 is 1.22 bits per heavy atom. The summed E-state index contributed by atoms with van der Waals surface area (Å²) in [6, 6.07) is 7.24. The Kier molecular flexibility index (Phi) is 5.41. The topological polar surface area (TPSA) is 97.5 Å². The highest BCUT2D eigenvalue weighted by Crippen LogP contribution is 2.18. The molecule has 1 fully saturated rings. The van der Waals surface area contributed by atoms with Crippen molar-refractivity contribution in [1.29, 1.82) is 0 Å². The largest absolute Gasteiger partial charge is 0.369 e. The van der Waals surface area contributed by atoms with Gasteiger partial charge in [-0.2, -0.15) is 0 Å². The lowest BCUT2D eigenvalue weighted by atomic mass is 9.96. The molecule has 1 saturated heterocycles. The van der Waals surface area contributed by atoms with Crippen molar-refractivity contribution in [2.75, 3.05) is 18.8 Å². The highest BCUT2D eigenvalue weighted by molar-refractivity contribution is 7.91. The second-order valence-electron chi connectivity index (χ2n) is 6.02. The minimum absolute atomic E-state index is 0.136. The van der Waals surface area contributed by atoms with Crippen LogP contribution in [0, 0.1) is 12.8 Å². The summed E-state index contributed by atoms with van der Waals surface area (Å²) < 4.78 is 24.5. The summed E-state index contributed by atoms with van der Waals surface area (Å²) >= 11 is 0. The zero-order chi connectivity index (χ0) is 17.0. The first-order chi connectivity index (χ1) is 10.8. The Bertz CT molecular complexity index is 692. The van der Waals surface area contributed by atoms with E-state index in [1.165, 1.54) is 4.90 Å². The standard InChI is InChI=1S/C16H22N2O4S/c1-12-4-2-3-5-14(12)10-23(21,22)11-15(19)18-8-6-13(7-9-18)16(17)20/h2-5,13H,6-11H2,1H3,(H2,17,20). The maximum atomic E-state index is 12.3. The maximum absolute atomic E-state index is 12.3. The predicted molar refractivity (Wildman–Crippen MR) is 87.2 cm³/mol. The lowest BCUT2D eigenvalue weighted by molar-refractivity contribution is -0.132. The van der Waals surface area contributed by atoms with Crippen molar-refractivity contribution in [2.24, 2.45) is 11.7 Å².